The Balaban J connectivity index is 1.46. The molecule has 0 saturated heterocycles. The molecule has 2 amide bonds. The van der Waals surface area contributed by atoms with Crippen LogP contribution in [0.4, 0.5) is 14.7 Å². The number of halogens is 1. The Bertz CT molecular complexity index is 1280. The second kappa shape index (κ2) is 9.25. The smallest absolute Gasteiger partial charge is 0.257 e. The average molecular weight is 469 g/mol. The van der Waals surface area contributed by atoms with Gasteiger partial charge in [-0.25, -0.2) is 14.4 Å². The van der Waals surface area contributed by atoms with Gasteiger partial charge >= 0.3 is 0 Å². The lowest BCUT2D eigenvalue weighted by atomic mass is 10.2. The summed E-state index contributed by atoms with van der Waals surface area (Å²) < 4.78 is 18.4. The molecule has 0 aliphatic carbocycles. The van der Waals surface area contributed by atoms with E-state index in [1.165, 1.54) is 40.9 Å². The van der Waals surface area contributed by atoms with Crippen LogP contribution in [0.25, 0.3) is 10.6 Å². The molecule has 32 heavy (non-hydrogen) atoms. The van der Waals surface area contributed by atoms with Gasteiger partial charge in [-0.3, -0.25) is 20.2 Å². The molecule has 10 heteroatoms. The Kier molecular flexibility index (Phi) is 6.24. The summed E-state index contributed by atoms with van der Waals surface area (Å²) in [5.74, 6) is -0.548. The van der Waals surface area contributed by atoms with Crippen LogP contribution in [0.1, 0.15) is 26.4 Å². The number of ether oxygens (including phenoxy) is 1. The van der Waals surface area contributed by atoms with Crippen LogP contribution in [0.2, 0.25) is 0 Å². The Morgan fingerprint density at radius 2 is 1.69 bits per heavy atom. The van der Waals surface area contributed by atoms with Crippen LogP contribution in [0.15, 0.2) is 53.9 Å². The first-order valence-electron chi connectivity index (χ1n) is 9.38. The number of methoxy groups -OCH3 is 1. The maximum atomic E-state index is 13.3. The summed E-state index contributed by atoms with van der Waals surface area (Å²) in [6, 6.07) is 12.2. The first-order chi connectivity index (χ1) is 15.4. The van der Waals surface area contributed by atoms with Crippen LogP contribution in [-0.4, -0.2) is 28.9 Å². The van der Waals surface area contributed by atoms with Crippen LogP contribution >= 0.6 is 22.7 Å². The van der Waals surface area contributed by atoms with E-state index in [0.717, 1.165) is 10.9 Å². The van der Waals surface area contributed by atoms with Gasteiger partial charge in [-0.2, -0.15) is 0 Å². The highest BCUT2D eigenvalue weighted by molar-refractivity contribution is 7.20. The summed E-state index contributed by atoms with van der Waals surface area (Å²) >= 11 is 2.53. The summed E-state index contributed by atoms with van der Waals surface area (Å²) in [4.78, 5) is 34.4. The summed E-state index contributed by atoms with van der Waals surface area (Å²) in [6.45, 7) is 1.82. The number of thiazole rings is 2. The zero-order valence-electron chi connectivity index (χ0n) is 17.0. The molecule has 4 aromatic rings. The number of hydrogen-bond acceptors (Lipinski definition) is 7. The van der Waals surface area contributed by atoms with E-state index in [-0.39, 0.29) is 11.5 Å². The minimum atomic E-state index is -0.484. The number of rotatable bonds is 6. The van der Waals surface area contributed by atoms with Crippen LogP contribution in [-0.2, 0) is 0 Å². The van der Waals surface area contributed by atoms with Gasteiger partial charge in [-0.05, 0) is 49.4 Å². The summed E-state index contributed by atoms with van der Waals surface area (Å²) in [6.07, 6.45) is 0. The topological polar surface area (TPSA) is 93.2 Å². The molecule has 0 atom stereocenters. The van der Waals surface area contributed by atoms with Crippen molar-refractivity contribution in [3.8, 4) is 16.3 Å². The fourth-order valence-corrected chi connectivity index (χ4v) is 4.53. The number of carbonyl (C=O) groups is 2. The number of aryl methyl sites for hydroxylation is 1. The third kappa shape index (κ3) is 4.82. The first-order valence-corrected chi connectivity index (χ1v) is 11.1. The van der Waals surface area contributed by atoms with E-state index in [1.54, 1.807) is 36.8 Å². The van der Waals surface area contributed by atoms with E-state index in [4.69, 9.17) is 4.74 Å². The van der Waals surface area contributed by atoms with Crippen LogP contribution in [0.5, 0.6) is 5.75 Å². The molecule has 0 radical (unpaired) electrons. The molecule has 2 N–H and O–H groups in total. The molecule has 0 saturated carbocycles. The number of nitrogens with one attached hydrogen (secondary N) is 2. The minimum Gasteiger partial charge on any atom is -0.497 e. The maximum absolute atomic E-state index is 13.3. The van der Waals surface area contributed by atoms with Crippen LogP contribution in [0, 0.1) is 12.7 Å². The highest BCUT2D eigenvalue weighted by atomic mass is 32.1. The van der Waals surface area contributed by atoms with E-state index in [0.29, 0.717) is 33.0 Å². The average Bonchev–Trinajstić information content (AvgIpc) is 3.39. The number of nitrogens with zero attached hydrogens (tertiary/aromatic N) is 2. The Morgan fingerprint density at radius 3 is 2.41 bits per heavy atom. The molecule has 2 heterocycles. The predicted molar refractivity (Wildman–Crippen MR) is 123 cm³/mol. The molecule has 0 bridgehead atoms. The van der Waals surface area contributed by atoms with Crippen molar-refractivity contribution in [3.63, 3.8) is 0 Å². The molecular weight excluding hydrogens is 451 g/mol. The normalized spacial score (nSPS) is 10.6. The van der Waals surface area contributed by atoms with Gasteiger partial charge in [-0.15, -0.1) is 11.3 Å². The van der Waals surface area contributed by atoms with Crippen molar-refractivity contribution in [2.24, 2.45) is 0 Å². The number of carbonyl (C=O) groups excluding carboxylic acids is 2. The van der Waals surface area contributed by atoms with E-state index in [9.17, 15) is 14.0 Å². The monoisotopic (exact) mass is 468 g/mol. The Hall–Kier alpha value is -3.63. The van der Waals surface area contributed by atoms with E-state index >= 15 is 0 Å². The van der Waals surface area contributed by atoms with Gasteiger partial charge < -0.3 is 4.74 Å². The summed E-state index contributed by atoms with van der Waals surface area (Å²) in [5, 5.41) is 8.07. The lowest BCUT2D eigenvalue weighted by Crippen LogP contribution is -2.11. The number of amides is 2. The molecule has 0 fully saturated rings. The second-order valence-corrected chi connectivity index (χ2v) is 8.48. The van der Waals surface area contributed by atoms with Gasteiger partial charge in [0.05, 0.1) is 23.4 Å². The maximum Gasteiger partial charge on any atom is 0.257 e. The largest absolute Gasteiger partial charge is 0.497 e. The quantitative estimate of drug-likeness (QED) is 0.404. The molecule has 0 aliphatic rings. The first kappa shape index (κ1) is 21.6. The predicted octanol–water partition coefficient (Wildman–Crippen LogP) is 5.23. The van der Waals surface area contributed by atoms with E-state index < -0.39 is 11.7 Å². The Morgan fingerprint density at radius 1 is 0.969 bits per heavy atom. The van der Waals surface area contributed by atoms with Crippen LogP contribution < -0.4 is 15.4 Å². The molecular formula is C22H17FN4O3S2. The lowest BCUT2D eigenvalue weighted by molar-refractivity contribution is 0.101. The molecule has 2 aromatic heterocycles. The van der Waals surface area contributed by atoms with Crippen molar-refractivity contribution in [2.45, 2.75) is 6.92 Å². The number of hydrogen-bond donors (Lipinski definition) is 2. The highest BCUT2D eigenvalue weighted by Gasteiger charge is 2.17. The highest BCUT2D eigenvalue weighted by Crippen LogP contribution is 2.34. The van der Waals surface area contributed by atoms with Crippen molar-refractivity contribution in [3.05, 3.63) is 76.5 Å². The van der Waals surface area contributed by atoms with Gasteiger partial charge in [0.1, 0.15) is 11.6 Å². The van der Waals surface area contributed by atoms with Gasteiger partial charge in [0, 0.05) is 16.5 Å². The minimum absolute atomic E-state index is 0.208. The molecule has 162 valence electrons. The molecule has 2 aromatic carbocycles. The van der Waals surface area contributed by atoms with Crippen LogP contribution in [0.3, 0.4) is 0 Å². The van der Waals surface area contributed by atoms with Gasteiger partial charge in [0.2, 0.25) is 0 Å². The standard InChI is InChI=1S/C22H17FN4O3S2/c1-12-18(32-22(24-12)27-19(28)13-6-8-16(30-2)9-7-13)17-11-31-21(25-17)26-20(29)14-4-3-5-15(23)10-14/h3-11H,1-2H3,(H,24,27,28)(H,25,26,29). The SMILES string of the molecule is COc1ccc(C(=O)Nc2nc(C)c(-c3csc(NC(=O)c4cccc(F)c4)n3)s2)cc1. The third-order valence-corrected chi connectivity index (χ3v) is 6.27. The van der Waals surface area contributed by atoms with Crippen molar-refractivity contribution >= 4 is 44.8 Å². The van der Waals surface area contributed by atoms with Gasteiger partial charge in [0.25, 0.3) is 11.8 Å². The van der Waals surface area contributed by atoms with Crippen molar-refractivity contribution < 1.29 is 18.7 Å². The number of anilines is 2. The molecule has 0 spiro atoms. The van der Waals surface area contributed by atoms with Crippen molar-refractivity contribution in [1.29, 1.82) is 0 Å². The van der Waals surface area contributed by atoms with Gasteiger partial charge in [-0.1, -0.05) is 17.4 Å². The molecule has 0 unspecified atom stereocenters. The van der Waals surface area contributed by atoms with E-state index in [1.807, 2.05) is 6.92 Å². The third-order valence-electron chi connectivity index (χ3n) is 4.41. The zero-order valence-corrected chi connectivity index (χ0v) is 18.6. The Labute approximate surface area is 190 Å². The fourth-order valence-electron chi connectivity index (χ4n) is 2.83. The molecule has 0 aliphatic heterocycles. The number of benzene rings is 2. The van der Waals surface area contributed by atoms with Gasteiger partial charge in [0.15, 0.2) is 10.3 Å². The fraction of sp³-hybridized carbons (Fsp3) is 0.0909. The summed E-state index contributed by atoms with van der Waals surface area (Å²) in [7, 11) is 1.56. The number of aromatic nitrogens is 2. The second-order valence-electron chi connectivity index (χ2n) is 6.62. The van der Waals surface area contributed by atoms with E-state index in [2.05, 4.69) is 20.6 Å². The molecule has 7 nitrogen and oxygen atoms in total. The lowest BCUT2D eigenvalue weighted by Gasteiger charge is -2.03. The van der Waals surface area contributed by atoms with Crippen molar-refractivity contribution in [1.82, 2.24) is 9.97 Å². The van der Waals surface area contributed by atoms with Crippen molar-refractivity contribution in [2.75, 3.05) is 17.7 Å². The summed E-state index contributed by atoms with van der Waals surface area (Å²) in [5.41, 5.74) is 2.02. The molecule has 4 rings (SSSR count). The zero-order chi connectivity index (χ0) is 22.7.